The minimum absolute atomic E-state index is 0.167. The number of hydrogen-bond acceptors (Lipinski definition) is 6. The summed E-state index contributed by atoms with van der Waals surface area (Å²) in [4.78, 5) is 27.5. The number of thiophene rings is 1. The molecular formula is C22H23N3O4S. The fraction of sp³-hybridized carbons (Fsp3) is 0.273. The van der Waals surface area contributed by atoms with E-state index in [0.717, 1.165) is 38.4 Å². The number of furan rings is 1. The van der Waals surface area contributed by atoms with Gasteiger partial charge in [0.05, 0.1) is 29.4 Å². The van der Waals surface area contributed by atoms with Gasteiger partial charge in [0.15, 0.2) is 5.76 Å². The largest absolute Gasteiger partial charge is 0.459 e. The molecule has 8 heteroatoms. The number of amides is 2. The topological polar surface area (TPSA) is 83.8 Å². The molecule has 2 aromatic heterocycles. The Balaban J connectivity index is 1.34. The Kier molecular flexibility index (Phi) is 6.58. The molecule has 1 saturated heterocycles. The molecule has 1 aliphatic rings. The van der Waals surface area contributed by atoms with E-state index < -0.39 is 0 Å². The molecule has 0 atom stereocenters. The summed E-state index contributed by atoms with van der Waals surface area (Å²) < 4.78 is 10.5. The Morgan fingerprint density at radius 2 is 1.77 bits per heavy atom. The monoisotopic (exact) mass is 425 g/mol. The minimum Gasteiger partial charge on any atom is -0.459 e. The summed E-state index contributed by atoms with van der Waals surface area (Å²) >= 11 is 1.23. The first-order chi connectivity index (χ1) is 14.7. The third kappa shape index (κ3) is 5.15. The highest BCUT2D eigenvalue weighted by Gasteiger charge is 2.15. The first kappa shape index (κ1) is 20.3. The Labute approximate surface area is 178 Å². The van der Waals surface area contributed by atoms with Crippen molar-refractivity contribution >= 4 is 28.2 Å². The highest BCUT2D eigenvalue weighted by Crippen LogP contribution is 2.23. The first-order valence-electron chi connectivity index (χ1n) is 9.79. The van der Waals surface area contributed by atoms with E-state index in [0.29, 0.717) is 16.4 Å². The van der Waals surface area contributed by atoms with Gasteiger partial charge in [-0.25, -0.2) is 0 Å². The highest BCUT2D eigenvalue weighted by molar-refractivity contribution is 7.18. The van der Waals surface area contributed by atoms with Gasteiger partial charge in [-0.05, 0) is 35.4 Å². The van der Waals surface area contributed by atoms with E-state index in [1.165, 1.54) is 23.2 Å². The molecule has 1 fully saturated rings. The molecule has 0 unspecified atom stereocenters. The molecule has 7 nitrogen and oxygen atoms in total. The highest BCUT2D eigenvalue weighted by atomic mass is 32.1. The van der Waals surface area contributed by atoms with Crippen LogP contribution in [0.4, 0.5) is 5.00 Å². The molecule has 4 rings (SSSR count). The number of nitrogens with one attached hydrogen (secondary N) is 2. The standard InChI is InChI=1S/C22H23N3O4S/c26-21(18-6-3-11-29-18)24-20-8-7-19(30-20)22(27)23-14-16-4-1-2-5-17(16)15-25-9-12-28-13-10-25/h1-8,11H,9-10,12-15H2,(H,23,27)(H,24,26). The zero-order chi connectivity index (χ0) is 20.8. The molecule has 1 aliphatic heterocycles. The number of ether oxygens (including phenoxy) is 1. The second kappa shape index (κ2) is 9.71. The van der Waals surface area contributed by atoms with Crippen molar-refractivity contribution in [3.8, 4) is 0 Å². The zero-order valence-corrected chi connectivity index (χ0v) is 17.2. The fourth-order valence-electron chi connectivity index (χ4n) is 3.26. The SMILES string of the molecule is O=C(Nc1ccc(C(=O)NCc2ccccc2CN2CCOCC2)s1)c1ccco1. The van der Waals surface area contributed by atoms with Gasteiger partial charge in [0.1, 0.15) is 0 Å². The van der Waals surface area contributed by atoms with E-state index in [1.54, 1.807) is 24.3 Å². The minimum atomic E-state index is -0.342. The molecule has 0 saturated carbocycles. The van der Waals surface area contributed by atoms with Gasteiger partial charge in [-0.1, -0.05) is 24.3 Å². The van der Waals surface area contributed by atoms with Gasteiger partial charge in [0.25, 0.3) is 11.8 Å². The third-order valence-electron chi connectivity index (χ3n) is 4.87. The average Bonchev–Trinajstić information content (AvgIpc) is 3.46. The fourth-order valence-corrected chi connectivity index (χ4v) is 4.07. The molecule has 0 radical (unpaired) electrons. The van der Waals surface area contributed by atoms with E-state index in [1.807, 2.05) is 18.2 Å². The molecule has 1 aromatic carbocycles. The van der Waals surface area contributed by atoms with Crippen LogP contribution in [0.15, 0.2) is 59.2 Å². The van der Waals surface area contributed by atoms with Gasteiger partial charge in [-0.2, -0.15) is 0 Å². The average molecular weight is 426 g/mol. The summed E-state index contributed by atoms with van der Waals surface area (Å²) in [5.41, 5.74) is 2.30. The van der Waals surface area contributed by atoms with E-state index in [2.05, 4.69) is 21.6 Å². The van der Waals surface area contributed by atoms with Crippen LogP contribution < -0.4 is 10.6 Å². The number of anilines is 1. The van der Waals surface area contributed by atoms with Gasteiger partial charge in [-0.15, -0.1) is 11.3 Å². The van der Waals surface area contributed by atoms with E-state index in [9.17, 15) is 9.59 Å². The Morgan fingerprint density at radius 3 is 2.53 bits per heavy atom. The van der Waals surface area contributed by atoms with Crippen molar-refractivity contribution in [3.05, 3.63) is 76.6 Å². The van der Waals surface area contributed by atoms with Crippen molar-refractivity contribution in [1.82, 2.24) is 10.2 Å². The lowest BCUT2D eigenvalue weighted by atomic mass is 10.1. The summed E-state index contributed by atoms with van der Waals surface area (Å²) in [6, 6.07) is 14.8. The van der Waals surface area contributed by atoms with Crippen LogP contribution in [0, 0.1) is 0 Å². The van der Waals surface area contributed by atoms with E-state index >= 15 is 0 Å². The molecule has 3 heterocycles. The normalized spacial score (nSPS) is 14.4. The van der Waals surface area contributed by atoms with Crippen LogP contribution >= 0.6 is 11.3 Å². The van der Waals surface area contributed by atoms with Crippen molar-refractivity contribution < 1.29 is 18.7 Å². The summed E-state index contributed by atoms with van der Waals surface area (Å²) in [6.07, 6.45) is 1.44. The Hall–Kier alpha value is -2.94. The Morgan fingerprint density at radius 1 is 0.967 bits per heavy atom. The molecule has 0 bridgehead atoms. The number of carbonyl (C=O) groups is 2. The number of rotatable bonds is 7. The van der Waals surface area contributed by atoms with Crippen LogP contribution in [0.1, 0.15) is 31.4 Å². The quantitative estimate of drug-likeness (QED) is 0.607. The lowest BCUT2D eigenvalue weighted by Gasteiger charge is -2.27. The van der Waals surface area contributed by atoms with Crippen molar-refractivity contribution in [2.45, 2.75) is 13.1 Å². The van der Waals surface area contributed by atoms with Gasteiger partial charge in [0, 0.05) is 26.2 Å². The van der Waals surface area contributed by atoms with Crippen LogP contribution in [0.5, 0.6) is 0 Å². The maximum absolute atomic E-state index is 12.6. The van der Waals surface area contributed by atoms with Crippen LogP contribution in [0.2, 0.25) is 0 Å². The molecule has 0 aliphatic carbocycles. The molecule has 3 aromatic rings. The molecule has 2 amide bonds. The zero-order valence-electron chi connectivity index (χ0n) is 16.4. The van der Waals surface area contributed by atoms with Crippen molar-refractivity contribution in [1.29, 1.82) is 0 Å². The Bertz CT molecular complexity index is 993. The molecule has 2 N–H and O–H groups in total. The van der Waals surface area contributed by atoms with Crippen LogP contribution in [-0.2, 0) is 17.8 Å². The number of hydrogen-bond donors (Lipinski definition) is 2. The predicted molar refractivity (Wildman–Crippen MR) is 115 cm³/mol. The first-order valence-corrected chi connectivity index (χ1v) is 10.6. The van der Waals surface area contributed by atoms with Crippen LogP contribution in [-0.4, -0.2) is 43.0 Å². The summed E-state index contributed by atoms with van der Waals surface area (Å²) in [5.74, 6) is -0.281. The van der Waals surface area contributed by atoms with Gasteiger partial charge in [0.2, 0.25) is 0 Å². The lowest BCUT2D eigenvalue weighted by Crippen LogP contribution is -2.36. The lowest BCUT2D eigenvalue weighted by molar-refractivity contribution is 0.0340. The summed E-state index contributed by atoms with van der Waals surface area (Å²) in [6.45, 7) is 4.65. The second-order valence-corrected chi connectivity index (χ2v) is 8.02. The number of benzene rings is 1. The summed E-state index contributed by atoms with van der Waals surface area (Å²) in [7, 11) is 0. The van der Waals surface area contributed by atoms with Crippen molar-refractivity contribution in [3.63, 3.8) is 0 Å². The summed E-state index contributed by atoms with van der Waals surface area (Å²) in [5, 5.41) is 6.31. The smallest absolute Gasteiger partial charge is 0.291 e. The third-order valence-corrected chi connectivity index (χ3v) is 5.87. The number of carbonyl (C=O) groups excluding carboxylic acids is 2. The molecule has 0 spiro atoms. The molecular weight excluding hydrogens is 402 g/mol. The molecule has 156 valence electrons. The van der Waals surface area contributed by atoms with Gasteiger partial charge < -0.3 is 19.8 Å². The number of nitrogens with zero attached hydrogens (tertiary/aromatic N) is 1. The maximum atomic E-state index is 12.6. The van der Waals surface area contributed by atoms with Gasteiger partial charge in [-0.3, -0.25) is 14.5 Å². The second-order valence-electron chi connectivity index (χ2n) is 6.94. The van der Waals surface area contributed by atoms with E-state index in [4.69, 9.17) is 9.15 Å². The van der Waals surface area contributed by atoms with E-state index in [-0.39, 0.29) is 17.6 Å². The molecule has 30 heavy (non-hydrogen) atoms. The van der Waals surface area contributed by atoms with Crippen LogP contribution in [0.3, 0.4) is 0 Å². The van der Waals surface area contributed by atoms with Crippen molar-refractivity contribution in [2.24, 2.45) is 0 Å². The van der Waals surface area contributed by atoms with Gasteiger partial charge >= 0.3 is 0 Å². The van der Waals surface area contributed by atoms with Crippen molar-refractivity contribution in [2.75, 3.05) is 31.6 Å². The predicted octanol–water partition coefficient (Wildman–Crippen LogP) is 3.36. The van der Waals surface area contributed by atoms with Crippen LogP contribution in [0.25, 0.3) is 0 Å². The maximum Gasteiger partial charge on any atom is 0.291 e. The number of morpholine rings is 1.